The molecule has 170 valence electrons. The van der Waals surface area contributed by atoms with Crippen molar-refractivity contribution in [3.63, 3.8) is 0 Å². The van der Waals surface area contributed by atoms with E-state index in [-0.39, 0.29) is 16.7 Å². The molecule has 8 heteroatoms. The van der Waals surface area contributed by atoms with Gasteiger partial charge in [0.05, 0.1) is 22.9 Å². The zero-order chi connectivity index (χ0) is 24.6. The Kier molecular flexibility index (Phi) is 5.86. The number of aromatic nitrogens is 2. The van der Waals surface area contributed by atoms with Gasteiger partial charge in [-0.15, -0.1) is 0 Å². The molecule has 0 aliphatic carbocycles. The summed E-state index contributed by atoms with van der Waals surface area (Å²) in [6, 6.07) is 13.9. The predicted octanol–water partition coefficient (Wildman–Crippen LogP) is 4.86. The Hall–Kier alpha value is -4.51. The van der Waals surface area contributed by atoms with Crippen LogP contribution in [0.4, 0.5) is 10.1 Å². The van der Waals surface area contributed by atoms with E-state index in [1.165, 1.54) is 28.7 Å². The highest BCUT2D eigenvalue weighted by Gasteiger charge is 2.19. The Labute approximate surface area is 194 Å². The van der Waals surface area contributed by atoms with E-state index in [4.69, 9.17) is 4.98 Å². The third-order valence-electron chi connectivity index (χ3n) is 5.67. The Morgan fingerprint density at radius 1 is 1.21 bits per heavy atom. The molecule has 4 rings (SSSR count). The lowest BCUT2D eigenvalue weighted by molar-refractivity contribution is 0.0698. The lowest BCUT2D eigenvalue weighted by atomic mass is 10.0. The topological polar surface area (TPSA) is 107 Å². The van der Waals surface area contributed by atoms with E-state index in [1.54, 1.807) is 31.3 Å². The second-order valence-corrected chi connectivity index (χ2v) is 8.08. The van der Waals surface area contributed by atoms with Gasteiger partial charge in [0.1, 0.15) is 17.5 Å². The number of benzene rings is 2. The van der Waals surface area contributed by atoms with Crippen LogP contribution in [0.3, 0.4) is 0 Å². The van der Waals surface area contributed by atoms with E-state index in [2.05, 4.69) is 5.32 Å². The highest BCUT2D eigenvalue weighted by atomic mass is 19.1. The fraction of sp³-hybridized carbons (Fsp3) is 0.154. The van der Waals surface area contributed by atoms with E-state index in [0.29, 0.717) is 33.7 Å². The number of fused-ring (bicyclic) bond motifs is 1. The van der Waals surface area contributed by atoms with Crippen molar-refractivity contribution in [2.75, 3.05) is 5.32 Å². The van der Waals surface area contributed by atoms with Gasteiger partial charge in [-0.3, -0.25) is 9.20 Å². The monoisotopic (exact) mass is 456 g/mol. The maximum absolute atomic E-state index is 13.9. The summed E-state index contributed by atoms with van der Waals surface area (Å²) in [6.07, 6.45) is 1.69. The van der Waals surface area contributed by atoms with Crippen molar-refractivity contribution >= 4 is 17.3 Å². The van der Waals surface area contributed by atoms with Crippen LogP contribution in [0, 0.1) is 31.0 Å². The van der Waals surface area contributed by atoms with Crippen LogP contribution in [-0.4, -0.2) is 20.5 Å². The van der Waals surface area contributed by atoms with Gasteiger partial charge in [0, 0.05) is 28.6 Å². The van der Waals surface area contributed by atoms with Gasteiger partial charge >= 0.3 is 5.97 Å². The predicted molar refractivity (Wildman–Crippen MR) is 126 cm³/mol. The second kappa shape index (κ2) is 8.79. The summed E-state index contributed by atoms with van der Waals surface area (Å²) >= 11 is 0. The summed E-state index contributed by atoms with van der Waals surface area (Å²) in [5, 5.41) is 21.9. The summed E-state index contributed by atoms with van der Waals surface area (Å²) in [6.45, 7) is 5.35. The zero-order valence-corrected chi connectivity index (χ0v) is 18.8. The lowest BCUT2D eigenvalue weighted by Crippen LogP contribution is -2.22. The van der Waals surface area contributed by atoms with E-state index >= 15 is 0 Å². The first-order valence-electron chi connectivity index (χ1n) is 10.5. The third-order valence-corrected chi connectivity index (χ3v) is 5.67. The molecular weight excluding hydrogens is 435 g/mol. The number of hydrogen-bond acceptors (Lipinski definition) is 5. The lowest BCUT2D eigenvalue weighted by Gasteiger charge is -2.20. The molecule has 0 saturated heterocycles. The van der Waals surface area contributed by atoms with E-state index < -0.39 is 17.8 Å². The highest BCUT2D eigenvalue weighted by Crippen LogP contribution is 2.28. The molecule has 2 heterocycles. The zero-order valence-electron chi connectivity index (χ0n) is 18.8. The fourth-order valence-corrected chi connectivity index (χ4v) is 3.96. The fourth-order valence-electron chi connectivity index (χ4n) is 3.96. The smallest absolute Gasteiger partial charge is 0.337 e. The summed E-state index contributed by atoms with van der Waals surface area (Å²) < 4.78 is 15.3. The van der Waals surface area contributed by atoms with Gasteiger partial charge in [0.15, 0.2) is 0 Å². The number of carboxylic acid groups (broad SMARTS) is 1. The molecule has 4 aromatic rings. The molecule has 34 heavy (non-hydrogen) atoms. The van der Waals surface area contributed by atoms with Crippen LogP contribution < -0.4 is 10.9 Å². The molecule has 0 saturated carbocycles. The van der Waals surface area contributed by atoms with Crippen molar-refractivity contribution in [2.24, 2.45) is 0 Å². The number of halogens is 1. The van der Waals surface area contributed by atoms with Crippen LogP contribution in [0.2, 0.25) is 0 Å². The molecule has 1 unspecified atom stereocenters. The number of rotatable bonds is 5. The van der Waals surface area contributed by atoms with Crippen LogP contribution in [0.15, 0.2) is 59.5 Å². The van der Waals surface area contributed by atoms with Gasteiger partial charge in [-0.1, -0.05) is 12.1 Å². The molecule has 2 aromatic heterocycles. The minimum Gasteiger partial charge on any atom is -0.478 e. The minimum absolute atomic E-state index is 0.128. The summed E-state index contributed by atoms with van der Waals surface area (Å²) in [5.41, 5.74) is 3.21. The van der Waals surface area contributed by atoms with Crippen LogP contribution in [0.1, 0.15) is 45.6 Å². The Morgan fingerprint density at radius 2 is 1.94 bits per heavy atom. The van der Waals surface area contributed by atoms with Crippen molar-refractivity contribution in [2.45, 2.75) is 26.8 Å². The maximum atomic E-state index is 13.9. The Morgan fingerprint density at radius 3 is 2.65 bits per heavy atom. The van der Waals surface area contributed by atoms with Crippen LogP contribution in [-0.2, 0) is 0 Å². The number of carboxylic acids is 1. The average Bonchev–Trinajstić information content (AvgIpc) is 2.82. The summed E-state index contributed by atoms with van der Waals surface area (Å²) in [4.78, 5) is 29.6. The molecule has 0 aliphatic rings. The van der Waals surface area contributed by atoms with Crippen LogP contribution in [0.5, 0.6) is 0 Å². The van der Waals surface area contributed by atoms with Crippen LogP contribution in [0.25, 0.3) is 16.9 Å². The number of para-hydroxylation sites is 1. The maximum Gasteiger partial charge on any atom is 0.337 e. The van der Waals surface area contributed by atoms with Crippen LogP contribution >= 0.6 is 0 Å². The van der Waals surface area contributed by atoms with Crippen molar-refractivity contribution < 1.29 is 14.3 Å². The van der Waals surface area contributed by atoms with Gasteiger partial charge in [-0.2, -0.15) is 5.26 Å². The molecule has 0 radical (unpaired) electrons. The average molecular weight is 456 g/mol. The number of aryl methyl sites for hydroxylation is 1. The normalized spacial score (nSPS) is 11.7. The minimum atomic E-state index is -1.05. The van der Waals surface area contributed by atoms with E-state index in [9.17, 15) is 24.3 Å². The first-order chi connectivity index (χ1) is 16.2. The van der Waals surface area contributed by atoms with Crippen molar-refractivity contribution in [1.82, 2.24) is 9.38 Å². The molecule has 0 amide bonds. The Balaban J connectivity index is 1.91. The largest absolute Gasteiger partial charge is 0.478 e. The number of nitriles is 1. The van der Waals surface area contributed by atoms with Crippen molar-refractivity contribution in [1.29, 1.82) is 5.26 Å². The molecule has 0 fully saturated rings. The van der Waals surface area contributed by atoms with Gasteiger partial charge in [-0.25, -0.2) is 14.2 Å². The molecule has 1 atom stereocenters. The molecule has 2 N–H and O–H groups in total. The molecule has 2 aromatic carbocycles. The second-order valence-electron chi connectivity index (χ2n) is 8.08. The number of nitrogens with one attached hydrogen (secondary N) is 1. The first kappa shape index (κ1) is 22.7. The van der Waals surface area contributed by atoms with Gasteiger partial charge < -0.3 is 10.4 Å². The number of anilines is 1. The Bertz CT molecular complexity index is 1550. The highest BCUT2D eigenvalue weighted by molar-refractivity contribution is 5.94. The SMILES string of the molecule is Cc1cc(C(C)Nc2ccccc2C(=O)O)c2nc(-c3ccc(F)c(C#N)c3)c(C)c(=O)n2c1. The third kappa shape index (κ3) is 3.99. The summed E-state index contributed by atoms with van der Waals surface area (Å²) in [5.74, 6) is -1.70. The van der Waals surface area contributed by atoms with E-state index in [1.807, 2.05) is 26.0 Å². The number of nitrogens with zero attached hydrogens (tertiary/aromatic N) is 3. The quantitative estimate of drug-likeness (QED) is 0.444. The molecule has 0 bridgehead atoms. The number of carbonyl (C=O) groups is 1. The van der Waals surface area contributed by atoms with Crippen molar-refractivity contribution in [3.8, 4) is 17.3 Å². The van der Waals surface area contributed by atoms with Gasteiger partial charge in [0.2, 0.25) is 0 Å². The standard InChI is InChI=1S/C26H21FN4O3/c1-14-10-20(16(3)29-22-7-5-4-6-19(22)26(33)34)24-30-23(15(2)25(32)31(24)13-14)17-8-9-21(27)18(11-17)12-28/h4-11,13,16,29H,1-3H3,(H,33,34). The molecule has 0 spiro atoms. The molecule has 7 nitrogen and oxygen atoms in total. The number of pyridine rings is 1. The van der Waals surface area contributed by atoms with Crippen molar-refractivity contribution in [3.05, 3.63) is 98.7 Å². The van der Waals surface area contributed by atoms with Gasteiger partial charge in [-0.05, 0) is 62.7 Å². The number of aromatic carboxylic acids is 1. The van der Waals surface area contributed by atoms with E-state index in [0.717, 1.165) is 5.56 Å². The number of hydrogen-bond donors (Lipinski definition) is 2. The summed E-state index contributed by atoms with van der Waals surface area (Å²) in [7, 11) is 0. The molecular formula is C26H21FN4O3. The van der Waals surface area contributed by atoms with Gasteiger partial charge in [0.25, 0.3) is 5.56 Å². The molecule has 0 aliphatic heterocycles. The first-order valence-corrected chi connectivity index (χ1v) is 10.5.